The van der Waals surface area contributed by atoms with Crippen molar-refractivity contribution in [2.75, 3.05) is 0 Å². The van der Waals surface area contributed by atoms with Crippen LogP contribution >= 0.6 is 0 Å². The Morgan fingerprint density at radius 2 is 1.79 bits per heavy atom. The molecule has 0 aliphatic carbocycles. The predicted molar refractivity (Wildman–Crippen MR) is 55.1 cm³/mol. The molecule has 0 radical (unpaired) electrons. The molecule has 3 heteroatoms. The van der Waals surface area contributed by atoms with E-state index in [0.29, 0.717) is 5.92 Å². The maximum atomic E-state index is 11.6. The largest absolute Gasteiger partial charge is 0.481 e. The molecule has 1 N–H and O–H groups in total. The van der Waals surface area contributed by atoms with Crippen molar-refractivity contribution in [2.45, 2.75) is 46.5 Å². The van der Waals surface area contributed by atoms with Crippen molar-refractivity contribution in [3.63, 3.8) is 0 Å². The molecule has 0 saturated carbocycles. The van der Waals surface area contributed by atoms with Gasteiger partial charge in [0.25, 0.3) is 0 Å². The van der Waals surface area contributed by atoms with Gasteiger partial charge in [0.05, 0.1) is 6.42 Å². The third-order valence-electron chi connectivity index (χ3n) is 2.40. The van der Waals surface area contributed by atoms with E-state index >= 15 is 0 Å². The number of carbonyl (C=O) groups is 2. The fraction of sp³-hybridized carbons (Fsp3) is 0.818. The quantitative estimate of drug-likeness (QED) is 0.687. The summed E-state index contributed by atoms with van der Waals surface area (Å²) in [6.07, 6.45) is 1.99. The molecule has 0 aromatic heterocycles. The van der Waals surface area contributed by atoms with Gasteiger partial charge in [0, 0.05) is 12.3 Å². The minimum atomic E-state index is -0.891. The van der Waals surface area contributed by atoms with Crippen molar-refractivity contribution >= 4 is 11.8 Å². The smallest absolute Gasteiger partial charge is 0.303 e. The van der Waals surface area contributed by atoms with Crippen LogP contribution in [-0.4, -0.2) is 16.9 Å². The molecule has 82 valence electrons. The molecule has 0 amide bonds. The number of carboxylic acids is 1. The zero-order valence-electron chi connectivity index (χ0n) is 9.25. The Labute approximate surface area is 85.5 Å². The average Bonchev–Trinajstić information content (AvgIpc) is 2.09. The topological polar surface area (TPSA) is 54.4 Å². The minimum Gasteiger partial charge on any atom is -0.481 e. The Morgan fingerprint density at radius 3 is 2.14 bits per heavy atom. The van der Waals surface area contributed by atoms with Crippen LogP contribution in [0.4, 0.5) is 0 Å². The second-order valence-electron chi connectivity index (χ2n) is 4.00. The highest BCUT2D eigenvalue weighted by molar-refractivity contribution is 5.84. The molecule has 14 heavy (non-hydrogen) atoms. The predicted octanol–water partition coefficient (Wildman–Crippen LogP) is 2.49. The number of carboxylic acid groups (broad SMARTS) is 1. The first-order chi connectivity index (χ1) is 6.49. The molecule has 0 aliphatic heterocycles. The second kappa shape index (κ2) is 6.57. The van der Waals surface area contributed by atoms with Gasteiger partial charge in [0.2, 0.25) is 0 Å². The van der Waals surface area contributed by atoms with E-state index in [0.717, 1.165) is 12.8 Å². The molecule has 0 aromatic rings. The zero-order chi connectivity index (χ0) is 11.1. The molecule has 0 spiro atoms. The SMILES string of the molecule is CCCC(C(=O)CCC(=O)O)C(C)C. The fourth-order valence-electron chi connectivity index (χ4n) is 1.59. The summed E-state index contributed by atoms with van der Waals surface area (Å²) in [5, 5.41) is 8.46. The number of hydrogen-bond acceptors (Lipinski definition) is 2. The number of ketones is 1. The van der Waals surface area contributed by atoms with Crippen LogP contribution in [0, 0.1) is 11.8 Å². The van der Waals surface area contributed by atoms with Gasteiger partial charge >= 0.3 is 5.97 Å². The second-order valence-corrected chi connectivity index (χ2v) is 4.00. The van der Waals surface area contributed by atoms with Crippen LogP contribution in [0.3, 0.4) is 0 Å². The molecular formula is C11H20O3. The van der Waals surface area contributed by atoms with Crippen LogP contribution in [0.1, 0.15) is 46.5 Å². The third kappa shape index (κ3) is 5.00. The van der Waals surface area contributed by atoms with Gasteiger partial charge in [0.1, 0.15) is 5.78 Å². The van der Waals surface area contributed by atoms with Crippen molar-refractivity contribution in [3.8, 4) is 0 Å². The van der Waals surface area contributed by atoms with E-state index < -0.39 is 5.97 Å². The van der Waals surface area contributed by atoms with Crippen molar-refractivity contribution < 1.29 is 14.7 Å². The summed E-state index contributed by atoms with van der Waals surface area (Å²) < 4.78 is 0. The summed E-state index contributed by atoms with van der Waals surface area (Å²) in [6, 6.07) is 0. The molecule has 0 aliphatic rings. The zero-order valence-corrected chi connectivity index (χ0v) is 9.25. The lowest BCUT2D eigenvalue weighted by atomic mass is 9.86. The fourth-order valence-corrected chi connectivity index (χ4v) is 1.59. The standard InChI is InChI=1S/C11H20O3/c1-4-5-9(8(2)3)10(12)6-7-11(13)14/h8-9H,4-7H2,1-3H3,(H,13,14). The molecule has 0 fully saturated rings. The third-order valence-corrected chi connectivity index (χ3v) is 2.40. The summed E-state index contributed by atoms with van der Waals surface area (Å²) in [4.78, 5) is 21.9. The van der Waals surface area contributed by atoms with Gasteiger partial charge in [-0.1, -0.05) is 27.2 Å². The summed E-state index contributed by atoms with van der Waals surface area (Å²) in [5.41, 5.74) is 0. The van der Waals surface area contributed by atoms with Gasteiger partial charge in [0.15, 0.2) is 0 Å². The van der Waals surface area contributed by atoms with Crippen molar-refractivity contribution in [1.82, 2.24) is 0 Å². The van der Waals surface area contributed by atoms with Gasteiger partial charge in [-0.15, -0.1) is 0 Å². The first-order valence-electron chi connectivity index (χ1n) is 5.23. The monoisotopic (exact) mass is 200 g/mol. The van der Waals surface area contributed by atoms with Crippen LogP contribution in [0.2, 0.25) is 0 Å². The van der Waals surface area contributed by atoms with E-state index in [4.69, 9.17) is 5.11 Å². The van der Waals surface area contributed by atoms with E-state index in [1.807, 2.05) is 20.8 Å². The highest BCUT2D eigenvalue weighted by atomic mass is 16.4. The van der Waals surface area contributed by atoms with Crippen LogP contribution in [0.15, 0.2) is 0 Å². The maximum Gasteiger partial charge on any atom is 0.303 e. The molecule has 1 atom stereocenters. The van der Waals surface area contributed by atoms with Crippen LogP contribution in [0.25, 0.3) is 0 Å². The summed E-state index contributed by atoms with van der Waals surface area (Å²) in [5.74, 6) is -0.433. The van der Waals surface area contributed by atoms with Crippen LogP contribution in [-0.2, 0) is 9.59 Å². The molecular weight excluding hydrogens is 180 g/mol. The Kier molecular flexibility index (Phi) is 6.17. The van der Waals surface area contributed by atoms with Crippen molar-refractivity contribution in [2.24, 2.45) is 11.8 Å². The Bertz CT molecular complexity index is 197. The lowest BCUT2D eigenvalue weighted by molar-refractivity contribution is -0.139. The van der Waals surface area contributed by atoms with Crippen LogP contribution in [0.5, 0.6) is 0 Å². The number of Topliss-reactive ketones (excluding diaryl/α,β-unsaturated/α-hetero) is 1. The molecule has 0 rings (SSSR count). The number of hydrogen-bond donors (Lipinski definition) is 1. The summed E-state index contributed by atoms with van der Waals surface area (Å²) >= 11 is 0. The minimum absolute atomic E-state index is 0.0359. The lowest BCUT2D eigenvalue weighted by Crippen LogP contribution is -2.20. The number of rotatable bonds is 7. The lowest BCUT2D eigenvalue weighted by Gasteiger charge is -2.18. The molecule has 0 saturated heterocycles. The summed E-state index contributed by atoms with van der Waals surface area (Å²) in [7, 11) is 0. The number of aliphatic carboxylic acids is 1. The van der Waals surface area contributed by atoms with Gasteiger partial charge in [-0.2, -0.15) is 0 Å². The van der Waals surface area contributed by atoms with Gasteiger partial charge in [-0.3, -0.25) is 9.59 Å². The highest BCUT2D eigenvalue weighted by Gasteiger charge is 2.21. The molecule has 0 heterocycles. The van der Waals surface area contributed by atoms with Crippen molar-refractivity contribution in [3.05, 3.63) is 0 Å². The molecule has 0 aromatic carbocycles. The normalized spacial score (nSPS) is 12.9. The van der Waals surface area contributed by atoms with E-state index in [9.17, 15) is 9.59 Å². The van der Waals surface area contributed by atoms with E-state index in [2.05, 4.69) is 0 Å². The Balaban J connectivity index is 4.08. The van der Waals surface area contributed by atoms with Crippen LogP contribution < -0.4 is 0 Å². The average molecular weight is 200 g/mol. The first kappa shape index (κ1) is 13.1. The molecule has 3 nitrogen and oxygen atoms in total. The number of carbonyl (C=O) groups excluding carboxylic acids is 1. The Hall–Kier alpha value is -0.860. The van der Waals surface area contributed by atoms with E-state index in [1.54, 1.807) is 0 Å². The van der Waals surface area contributed by atoms with E-state index in [-0.39, 0.29) is 24.5 Å². The molecule has 1 unspecified atom stereocenters. The van der Waals surface area contributed by atoms with Crippen molar-refractivity contribution in [1.29, 1.82) is 0 Å². The summed E-state index contributed by atoms with van der Waals surface area (Å²) in [6.45, 7) is 6.07. The molecule has 0 bridgehead atoms. The Morgan fingerprint density at radius 1 is 1.21 bits per heavy atom. The van der Waals surface area contributed by atoms with E-state index in [1.165, 1.54) is 0 Å². The maximum absolute atomic E-state index is 11.6. The van der Waals surface area contributed by atoms with Gasteiger partial charge in [-0.25, -0.2) is 0 Å². The highest BCUT2D eigenvalue weighted by Crippen LogP contribution is 2.20. The van der Waals surface area contributed by atoms with Gasteiger partial charge in [-0.05, 0) is 12.3 Å². The van der Waals surface area contributed by atoms with Gasteiger partial charge < -0.3 is 5.11 Å². The first-order valence-corrected chi connectivity index (χ1v) is 5.23.